The molecule has 0 aliphatic carbocycles. The first-order valence-corrected chi connectivity index (χ1v) is 13.7. The van der Waals surface area contributed by atoms with E-state index in [1.165, 1.54) is 12.1 Å². The van der Waals surface area contributed by atoms with Crippen molar-refractivity contribution in [3.8, 4) is 17.2 Å². The molecule has 4 aromatic rings. The Balaban J connectivity index is 1.36. The number of amides is 1. The molecule has 0 aromatic heterocycles. The van der Waals surface area contributed by atoms with Crippen molar-refractivity contribution in [1.82, 2.24) is 4.31 Å². The molecular formula is C29H24ClNO6S. The van der Waals surface area contributed by atoms with Gasteiger partial charge in [0.25, 0.3) is 10.0 Å². The van der Waals surface area contributed by atoms with Gasteiger partial charge >= 0.3 is 6.09 Å². The lowest BCUT2D eigenvalue weighted by molar-refractivity contribution is 0.177. The maximum absolute atomic E-state index is 13.7. The molecule has 1 aliphatic heterocycles. The van der Waals surface area contributed by atoms with Crippen LogP contribution in [0.4, 0.5) is 4.79 Å². The van der Waals surface area contributed by atoms with Crippen molar-refractivity contribution in [3.05, 3.63) is 119 Å². The van der Waals surface area contributed by atoms with Crippen LogP contribution in [-0.2, 0) is 29.6 Å². The summed E-state index contributed by atoms with van der Waals surface area (Å²) in [6.45, 7) is 0.567. The number of ether oxygens (including phenoxy) is 3. The van der Waals surface area contributed by atoms with E-state index in [-0.39, 0.29) is 17.2 Å². The number of hydrogen-bond acceptors (Lipinski definition) is 6. The Labute approximate surface area is 226 Å². The minimum absolute atomic E-state index is 0.0320. The lowest BCUT2D eigenvalue weighted by Crippen LogP contribution is -2.38. The maximum atomic E-state index is 13.7. The molecule has 0 spiro atoms. The number of halogens is 1. The molecule has 0 fully saturated rings. The highest BCUT2D eigenvalue weighted by atomic mass is 35.5. The van der Waals surface area contributed by atoms with Crippen LogP contribution < -0.4 is 14.2 Å². The van der Waals surface area contributed by atoms with E-state index in [0.717, 1.165) is 11.1 Å². The third-order valence-electron chi connectivity index (χ3n) is 6.00. The van der Waals surface area contributed by atoms with Crippen LogP contribution in [0, 0.1) is 0 Å². The zero-order valence-electron chi connectivity index (χ0n) is 20.2. The fourth-order valence-electron chi connectivity index (χ4n) is 3.98. The third-order valence-corrected chi connectivity index (χ3v) is 8.08. The van der Waals surface area contributed by atoms with Crippen LogP contribution in [0.1, 0.15) is 16.7 Å². The molecule has 0 saturated carbocycles. The molecule has 194 valence electrons. The summed E-state index contributed by atoms with van der Waals surface area (Å²) in [5.74, 6) is 1.39. The number of carbonyl (C=O) groups excluding carboxylic acids is 1. The van der Waals surface area contributed by atoms with Gasteiger partial charge in [-0.05, 0) is 65.2 Å². The van der Waals surface area contributed by atoms with E-state index in [4.69, 9.17) is 25.8 Å². The van der Waals surface area contributed by atoms with E-state index in [9.17, 15) is 13.2 Å². The molecule has 0 atom stereocenters. The molecule has 7 nitrogen and oxygen atoms in total. The van der Waals surface area contributed by atoms with Gasteiger partial charge in [-0.15, -0.1) is 0 Å². The number of fused-ring (bicyclic) bond motifs is 1. The van der Waals surface area contributed by atoms with Crippen LogP contribution in [-0.4, -0.2) is 25.4 Å². The predicted octanol–water partition coefficient (Wildman–Crippen LogP) is 6.24. The summed E-state index contributed by atoms with van der Waals surface area (Å²) in [5, 5.41) is 0.336. The van der Waals surface area contributed by atoms with Crippen LogP contribution in [0.5, 0.6) is 17.2 Å². The third kappa shape index (κ3) is 5.77. The molecule has 0 unspecified atom stereocenters. The predicted molar refractivity (Wildman–Crippen MR) is 143 cm³/mol. The Hall–Kier alpha value is -4.01. The average Bonchev–Trinajstić information content (AvgIpc) is 3.41. The number of benzene rings is 4. The van der Waals surface area contributed by atoms with E-state index < -0.39 is 16.1 Å². The summed E-state index contributed by atoms with van der Waals surface area (Å²) in [6.07, 6.45) is -0.466. The number of hydrogen-bond donors (Lipinski definition) is 0. The Morgan fingerprint density at radius 3 is 2.37 bits per heavy atom. The van der Waals surface area contributed by atoms with Crippen LogP contribution in [0.3, 0.4) is 0 Å². The van der Waals surface area contributed by atoms with Crippen LogP contribution in [0.25, 0.3) is 0 Å². The van der Waals surface area contributed by atoms with Gasteiger partial charge in [0.1, 0.15) is 23.9 Å². The summed E-state index contributed by atoms with van der Waals surface area (Å²) < 4.78 is 44.8. The van der Waals surface area contributed by atoms with Gasteiger partial charge in [0, 0.05) is 11.4 Å². The lowest BCUT2D eigenvalue weighted by Gasteiger charge is -2.23. The van der Waals surface area contributed by atoms with Crippen LogP contribution >= 0.6 is 11.6 Å². The number of sulfonamides is 1. The van der Waals surface area contributed by atoms with E-state index in [2.05, 4.69) is 0 Å². The Morgan fingerprint density at radius 1 is 0.895 bits per heavy atom. The Bertz CT molecular complexity index is 1540. The van der Waals surface area contributed by atoms with Crippen molar-refractivity contribution < 1.29 is 27.4 Å². The fourth-order valence-corrected chi connectivity index (χ4v) is 5.50. The molecule has 0 radical (unpaired) electrons. The largest absolute Gasteiger partial charge is 0.493 e. The minimum Gasteiger partial charge on any atom is -0.493 e. The topological polar surface area (TPSA) is 82.1 Å². The molecule has 9 heteroatoms. The van der Waals surface area contributed by atoms with Gasteiger partial charge in [-0.1, -0.05) is 60.1 Å². The summed E-state index contributed by atoms with van der Waals surface area (Å²) in [7, 11) is -4.28. The zero-order chi connectivity index (χ0) is 26.5. The second-order valence-electron chi connectivity index (χ2n) is 8.58. The highest BCUT2D eigenvalue weighted by Gasteiger charge is 2.33. The standard InChI is InChI=1S/C29H24ClNO6S/c30-27-9-5-4-8-23(27)19-31(38(33,34)26-14-15-28-22(18-26)16-17-35-28)29(32)37-25-12-10-24(11-13-25)36-20-21-6-2-1-3-7-21/h1-15,18H,16-17,19-20H2. The van der Waals surface area contributed by atoms with Gasteiger partial charge in [-0.3, -0.25) is 0 Å². The van der Waals surface area contributed by atoms with Crippen molar-refractivity contribution in [3.63, 3.8) is 0 Å². The fraction of sp³-hybridized carbons (Fsp3) is 0.138. The summed E-state index contributed by atoms with van der Waals surface area (Å²) in [6, 6.07) is 27.4. The van der Waals surface area contributed by atoms with Gasteiger partial charge in [0.2, 0.25) is 0 Å². The lowest BCUT2D eigenvalue weighted by atomic mass is 10.2. The van der Waals surface area contributed by atoms with Gasteiger partial charge in [-0.2, -0.15) is 4.31 Å². The molecule has 5 rings (SSSR count). The average molecular weight is 550 g/mol. The van der Waals surface area contributed by atoms with Crippen molar-refractivity contribution in [2.75, 3.05) is 6.61 Å². The van der Waals surface area contributed by atoms with E-state index in [1.54, 1.807) is 54.6 Å². The minimum atomic E-state index is -4.28. The van der Waals surface area contributed by atoms with Crippen molar-refractivity contribution in [1.29, 1.82) is 0 Å². The molecular weight excluding hydrogens is 526 g/mol. The first-order chi connectivity index (χ1) is 18.4. The second kappa shape index (κ2) is 11.2. The molecule has 0 bridgehead atoms. The van der Waals surface area contributed by atoms with Crippen molar-refractivity contribution in [2.24, 2.45) is 0 Å². The van der Waals surface area contributed by atoms with Gasteiger partial charge in [-0.25, -0.2) is 13.2 Å². The van der Waals surface area contributed by atoms with Crippen LogP contribution in [0.15, 0.2) is 102 Å². The number of nitrogens with zero attached hydrogens (tertiary/aromatic N) is 1. The smallest absolute Gasteiger partial charge is 0.429 e. The zero-order valence-corrected chi connectivity index (χ0v) is 21.8. The molecule has 0 saturated heterocycles. The second-order valence-corrected chi connectivity index (χ2v) is 10.9. The first kappa shape index (κ1) is 25.6. The highest BCUT2D eigenvalue weighted by molar-refractivity contribution is 7.89. The van der Waals surface area contributed by atoms with Crippen molar-refractivity contribution in [2.45, 2.75) is 24.5 Å². The monoisotopic (exact) mass is 549 g/mol. The van der Waals surface area contributed by atoms with Gasteiger partial charge in [0.15, 0.2) is 0 Å². The number of rotatable bonds is 8. The molecule has 38 heavy (non-hydrogen) atoms. The van der Waals surface area contributed by atoms with E-state index in [0.29, 0.717) is 46.0 Å². The summed E-state index contributed by atoms with van der Waals surface area (Å²) >= 11 is 6.29. The molecule has 1 heterocycles. The molecule has 4 aromatic carbocycles. The SMILES string of the molecule is O=C(Oc1ccc(OCc2ccccc2)cc1)N(Cc1ccccc1Cl)S(=O)(=O)c1ccc2c(c1)CCO2. The van der Waals surface area contributed by atoms with Crippen LogP contribution in [0.2, 0.25) is 5.02 Å². The molecule has 0 N–H and O–H groups in total. The van der Waals surface area contributed by atoms with Gasteiger partial charge in [0.05, 0.1) is 18.0 Å². The summed E-state index contributed by atoms with van der Waals surface area (Å²) in [4.78, 5) is 13.3. The Kier molecular flexibility index (Phi) is 7.53. The quantitative estimate of drug-likeness (QED) is 0.258. The normalized spacial score (nSPS) is 12.3. The Morgan fingerprint density at radius 2 is 1.61 bits per heavy atom. The molecule has 1 aliphatic rings. The number of carbonyl (C=O) groups is 1. The van der Waals surface area contributed by atoms with E-state index >= 15 is 0 Å². The summed E-state index contributed by atoms with van der Waals surface area (Å²) in [5.41, 5.74) is 2.24. The molecule has 1 amide bonds. The highest BCUT2D eigenvalue weighted by Crippen LogP contribution is 2.31. The maximum Gasteiger partial charge on any atom is 0.429 e. The van der Waals surface area contributed by atoms with E-state index in [1.807, 2.05) is 30.3 Å². The van der Waals surface area contributed by atoms with Crippen molar-refractivity contribution >= 4 is 27.7 Å². The first-order valence-electron chi connectivity index (χ1n) is 11.9. The van der Waals surface area contributed by atoms with Gasteiger partial charge < -0.3 is 14.2 Å².